The van der Waals surface area contributed by atoms with Crippen LogP contribution in [0.2, 0.25) is 0 Å². The quantitative estimate of drug-likeness (QED) is 0.589. The van der Waals surface area contributed by atoms with E-state index in [1.807, 2.05) is 0 Å². The third-order valence-corrected chi connectivity index (χ3v) is 2.05. The number of halogens is 1. The predicted octanol–water partition coefficient (Wildman–Crippen LogP) is 1.37. The molecule has 2 heterocycles. The topological polar surface area (TPSA) is 64.1 Å². The molecule has 0 aliphatic heterocycles. The van der Waals surface area contributed by atoms with Crippen LogP contribution in [-0.4, -0.2) is 4.98 Å². The van der Waals surface area contributed by atoms with E-state index < -0.39 is 5.82 Å². The van der Waals surface area contributed by atoms with Gasteiger partial charge < -0.3 is 4.42 Å². The van der Waals surface area contributed by atoms with Crippen molar-refractivity contribution in [2.45, 2.75) is 6.04 Å². The number of aromatic nitrogens is 1. The Labute approximate surface area is 85.9 Å². The smallest absolute Gasteiger partial charge is 0.141 e. The summed E-state index contributed by atoms with van der Waals surface area (Å²) < 4.78 is 18.1. The normalized spacial score (nSPS) is 12.7. The van der Waals surface area contributed by atoms with Gasteiger partial charge in [0.15, 0.2) is 0 Å². The predicted molar refractivity (Wildman–Crippen MR) is 52.1 cm³/mol. The third kappa shape index (κ3) is 2.03. The highest BCUT2D eigenvalue weighted by molar-refractivity contribution is 5.23. The number of furan rings is 1. The lowest BCUT2D eigenvalue weighted by molar-refractivity contribution is 0.450. The fourth-order valence-corrected chi connectivity index (χ4v) is 1.38. The summed E-state index contributed by atoms with van der Waals surface area (Å²) in [5.41, 5.74) is 3.17. The highest BCUT2D eigenvalue weighted by Gasteiger charge is 2.15. The number of pyridine rings is 1. The second kappa shape index (κ2) is 4.20. The van der Waals surface area contributed by atoms with Gasteiger partial charge in [-0.3, -0.25) is 10.8 Å². The molecule has 2 aromatic rings. The molecule has 4 nitrogen and oxygen atoms in total. The zero-order chi connectivity index (χ0) is 10.7. The fourth-order valence-electron chi connectivity index (χ4n) is 1.38. The van der Waals surface area contributed by atoms with Gasteiger partial charge in [-0.1, -0.05) is 0 Å². The minimum Gasteiger partial charge on any atom is -0.467 e. The molecule has 1 atom stereocenters. The minimum atomic E-state index is -0.403. The maximum atomic E-state index is 12.9. The number of nitrogens with two attached hydrogens (primary N) is 1. The first-order valence-electron chi connectivity index (χ1n) is 4.41. The SMILES string of the molecule is NNC(c1cncc(F)c1)c1ccco1. The van der Waals surface area contributed by atoms with Crippen LogP contribution >= 0.6 is 0 Å². The molecule has 0 aliphatic rings. The Bertz CT molecular complexity index is 430. The van der Waals surface area contributed by atoms with E-state index in [1.165, 1.54) is 18.5 Å². The summed E-state index contributed by atoms with van der Waals surface area (Å²) in [6.45, 7) is 0. The molecule has 0 amide bonds. The van der Waals surface area contributed by atoms with Crippen molar-refractivity contribution < 1.29 is 8.81 Å². The van der Waals surface area contributed by atoms with Crippen molar-refractivity contribution in [3.05, 3.63) is 54.0 Å². The monoisotopic (exact) mass is 207 g/mol. The average Bonchev–Trinajstić information content (AvgIpc) is 2.72. The van der Waals surface area contributed by atoms with Crippen LogP contribution in [-0.2, 0) is 0 Å². The molecule has 0 saturated carbocycles. The maximum absolute atomic E-state index is 12.9. The van der Waals surface area contributed by atoms with Gasteiger partial charge in [0.2, 0.25) is 0 Å². The summed E-state index contributed by atoms with van der Waals surface area (Å²) in [7, 11) is 0. The molecule has 3 N–H and O–H groups in total. The molecule has 15 heavy (non-hydrogen) atoms. The van der Waals surface area contributed by atoms with E-state index in [-0.39, 0.29) is 6.04 Å². The van der Waals surface area contributed by atoms with E-state index in [4.69, 9.17) is 10.3 Å². The van der Waals surface area contributed by atoms with Crippen LogP contribution in [0.15, 0.2) is 41.3 Å². The number of hydrogen-bond acceptors (Lipinski definition) is 4. The fraction of sp³-hybridized carbons (Fsp3) is 0.100. The average molecular weight is 207 g/mol. The Morgan fingerprint density at radius 2 is 2.33 bits per heavy atom. The molecule has 0 saturated heterocycles. The molecule has 78 valence electrons. The van der Waals surface area contributed by atoms with Crippen LogP contribution in [0.4, 0.5) is 4.39 Å². The van der Waals surface area contributed by atoms with Gasteiger partial charge in [-0.25, -0.2) is 9.82 Å². The molecule has 0 bridgehead atoms. The van der Waals surface area contributed by atoms with E-state index in [2.05, 4.69) is 10.4 Å². The maximum Gasteiger partial charge on any atom is 0.141 e. The number of nitrogens with zero attached hydrogens (tertiary/aromatic N) is 1. The van der Waals surface area contributed by atoms with E-state index in [0.717, 1.165) is 6.20 Å². The number of nitrogens with one attached hydrogen (secondary N) is 1. The molecule has 0 aliphatic carbocycles. The summed E-state index contributed by atoms with van der Waals surface area (Å²) in [5, 5.41) is 0. The summed E-state index contributed by atoms with van der Waals surface area (Å²) in [5.74, 6) is 5.60. The molecular formula is C10H10FN3O. The van der Waals surface area contributed by atoms with E-state index in [1.54, 1.807) is 12.1 Å². The van der Waals surface area contributed by atoms with E-state index in [0.29, 0.717) is 11.3 Å². The van der Waals surface area contributed by atoms with Gasteiger partial charge in [0.1, 0.15) is 17.6 Å². The zero-order valence-electron chi connectivity index (χ0n) is 7.85. The second-order valence-corrected chi connectivity index (χ2v) is 3.05. The standard InChI is InChI=1S/C10H10FN3O/c11-8-4-7(5-13-6-8)10(14-12)9-2-1-3-15-9/h1-6,10,14H,12H2. The lowest BCUT2D eigenvalue weighted by Crippen LogP contribution is -2.28. The lowest BCUT2D eigenvalue weighted by atomic mass is 10.1. The number of hydrazine groups is 1. The zero-order valence-corrected chi connectivity index (χ0v) is 7.85. The molecule has 5 heteroatoms. The van der Waals surface area contributed by atoms with Crippen LogP contribution < -0.4 is 11.3 Å². The summed E-state index contributed by atoms with van der Waals surface area (Å²) in [6, 6.07) is 4.48. The van der Waals surface area contributed by atoms with Gasteiger partial charge in [0, 0.05) is 6.20 Å². The summed E-state index contributed by atoms with van der Waals surface area (Å²) >= 11 is 0. The second-order valence-electron chi connectivity index (χ2n) is 3.05. The van der Waals surface area contributed by atoms with Gasteiger partial charge in [-0.05, 0) is 23.8 Å². The number of rotatable bonds is 3. The van der Waals surface area contributed by atoms with Crippen molar-refractivity contribution in [3.8, 4) is 0 Å². The van der Waals surface area contributed by atoms with Crippen LogP contribution in [0.25, 0.3) is 0 Å². The van der Waals surface area contributed by atoms with Crippen LogP contribution in [0.3, 0.4) is 0 Å². The number of hydrogen-bond donors (Lipinski definition) is 2. The van der Waals surface area contributed by atoms with Crippen molar-refractivity contribution in [2.24, 2.45) is 5.84 Å². The van der Waals surface area contributed by atoms with Crippen molar-refractivity contribution in [1.29, 1.82) is 0 Å². The summed E-state index contributed by atoms with van der Waals surface area (Å²) in [6.07, 6.45) is 4.21. The molecular weight excluding hydrogens is 197 g/mol. The summed E-state index contributed by atoms with van der Waals surface area (Å²) in [4.78, 5) is 3.75. The molecule has 2 rings (SSSR count). The third-order valence-electron chi connectivity index (χ3n) is 2.05. The highest BCUT2D eigenvalue weighted by atomic mass is 19.1. The first-order chi connectivity index (χ1) is 7.31. The van der Waals surface area contributed by atoms with Crippen molar-refractivity contribution in [3.63, 3.8) is 0 Å². The van der Waals surface area contributed by atoms with Gasteiger partial charge in [-0.2, -0.15) is 0 Å². The Balaban J connectivity index is 2.35. The Hall–Kier alpha value is -1.72. The molecule has 0 spiro atoms. The first-order valence-corrected chi connectivity index (χ1v) is 4.41. The van der Waals surface area contributed by atoms with Crippen molar-refractivity contribution in [2.75, 3.05) is 0 Å². The minimum absolute atomic E-state index is 0.386. The van der Waals surface area contributed by atoms with Crippen molar-refractivity contribution >= 4 is 0 Å². The Kier molecular flexibility index (Phi) is 2.75. The molecule has 0 aromatic carbocycles. The largest absolute Gasteiger partial charge is 0.467 e. The van der Waals surface area contributed by atoms with E-state index >= 15 is 0 Å². The van der Waals surface area contributed by atoms with Gasteiger partial charge in [-0.15, -0.1) is 0 Å². The van der Waals surface area contributed by atoms with Crippen LogP contribution in [0.5, 0.6) is 0 Å². The first kappa shape index (κ1) is 9.82. The van der Waals surface area contributed by atoms with Gasteiger partial charge in [0.05, 0.1) is 12.5 Å². The Morgan fingerprint density at radius 3 is 2.93 bits per heavy atom. The van der Waals surface area contributed by atoms with Gasteiger partial charge in [0.25, 0.3) is 0 Å². The molecule has 2 aromatic heterocycles. The molecule has 0 fully saturated rings. The molecule has 1 unspecified atom stereocenters. The van der Waals surface area contributed by atoms with Gasteiger partial charge >= 0.3 is 0 Å². The molecule has 0 radical (unpaired) electrons. The lowest BCUT2D eigenvalue weighted by Gasteiger charge is -2.12. The van der Waals surface area contributed by atoms with Crippen LogP contribution in [0.1, 0.15) is 17.4 Å². The van der Waals surface area contributed by atoms with Crippen LogP contribution in [0, 0.1) is 5.82 Å². The highest BCUT2D eigenvalue weighted by Crippen LogP contribution is 2.21. The van der Waals surface area contributed by atoms with Crippen molar-refractivity contribution in [1.82, 2.24) is 10.4 Å². The Morgan fingerprint density at radius 1 is 1.47 bits per heavy atom. The van der Waals surface area contributed by atoms with E-state index in [9.17, 15) is 4.39 Å².